The van der Waals surface area contributed by atoms with Crippen LogP contribution >= 0.6 is 0 Å². The van der Waals surface area contributed by atoms with Crippen LogP contribution in [0.15, 0.2) is 0 Å². The molecule has 48 valence electrons. The number of hydrogen-bond donors (Lipinski definition) is 1. The fraction of sp³-hybridized carbons (Fsp3) is 1.00. The Morgan fingerprint density at radius 3 is 2.75 bits per heavy atom. The van der Waals surface area contributed by atoms with Crippen LogP contribution in [0.25, 0.3) is 0 Å². The molecule has 0 aromatic heterocycles. The Morgan fingerprint density at radius 2 is 2.38 bits per heavy atom. The molecule has 1 fully saturated rings. The Hall–Kier alpha value is -0.0800. The summed E-state index contributed by atoms with van der Waals surface area (Å²) in [5.41, 5.74) is 5.65. The van der Waals surface area contributed by atoms with Gasteiger partial charge in [0.2, 0.25) is 0 Å². The van der Waals surface area contributed by atoms with Crippen molar-refractivity contribution in [3.8, 4) is 0 Å². The van der Waals surface area contributed by atoms with Crippen molar-refractivity contribution in [3.63, 3.8) is 0 Å². The van der Waals surface area contributed by atoms with Gasteiger partial charge in [0.1, 0.15) is 0 Å². The van der Waals surface area contributed by atoms with E-state index < -0.39 is 0 Å². The average molecular weight is 115 g/mol. The molecule has 0 spiro atoms. The van der Waals surface area contributed by atoms with Crippen molar-refractivity contribution in [3.05, 3.63) is 0 Å². The summed E-state index contributed by atoms with van der Waals surface area (Å²) in [6, 6.07) is 0.281. The lowest BCUT2D eigenvalue weighted by Crippen LogP contribution is -2.37. The summed E-state index contributed by atoms with van der Waals surface area (Å²) in [4.78, 5) is 0. The summed E-state index contributed by atoms with van der Waals surface area (Å²) in [6.45, 7) is 3.82. The Balaban J connectivity index is 2.28. The minimum Gasteiger partial charge on any atom is -0.380 e. The van der Waals surface area contributed by atoms with E-state index in [1.54, 1.807) is 0 Å². The fourth-order valence-electron chi connectivity index (χ4n) is 0.867. The standard InChI is InChI=1S/C6H13NO/c1-5-2-3-8-4-6(5)7/h5-6H,2-4,7H2,1H3/t5-,6-/m0/s1. The van der Waals surface area contributed by atoms with E-state index in [0.717, 1.165) is 19.6 Å². The fourth-order valence-corrected chi connectivity index (χ4v) is 0.867. The summed E-state index contributed by atoms with van der Waals surface area (Å²) in [5.74, 6) is 0.656. The summed E-state index contributed by atoms with van der Waals surface area (Å²) in [5, 5.41) is 0. The molecular weight excluding hydrogens is 102 g/mol. The van der Waals surface area contributed by atoms with Gasteiger partial charge in [-0.05, 0) is 12.3 Å². The first-order valence-electron chi connectivity index (χ1n) is 3.14. The van der Waals surface area contributed by atoms with Gasteiger partial charge in [0.15, 0.2) is 0 Å². The number of rotatable bonds is 0. The minimum absolute atomic E-state index is 0.281. The van der Waals surface area contributed by atoms with Gasteiger partial charge in [0, 0.05) is 12.6 Å². The molecule has 0 bridgehead atoms. The number of ether oxygens (including phenoxy) is 1. The summed E-state index contributed by atoms with van der Waals surface area (Å²) < 4.78 is 5.13. The van der Waals surface area contributed by atoms with Gasteiger partial charge in [-0.3, -0.25) is 0 Å². The van der Waals surface area contributed by atoms with Crippen LogP contribution in [-0.2, 0) is 4.74 Å². The first-order valence-corrected chi connectivity index (χ1v) is 3.14. The third-order valence-electron chi connectivity index (χ3n) is 1.76. The van der Waals surface area contributed by atoms with Gasteiger partial charge in [-0.2, -0.15) is 0 Å². The molecular formula is C6H13NO. The molecule has 0 aliphatic carbocycles. The van der Waals surface area contributed by atoms with Crippen molar-refractivity contribution in [2.75, 3.05) is 13.2 Å². The van der Waals surface area contributed by atoms with Gasteiger partial charge in [0.05, 0.1) is 6.61 Å². The molecule has 1 heterocycles. The maximum Gasteiger partial charge on any atom is 0.0620 e. The quantitative estimate of drug-likeness (QED) is 0.495. The van der Waals surface area contributed by atoms with E-state index in [-0.39, 0.29) is 6.04 Å². The third kappa shape index (κ3) is 1.20. The molecule has 1 aliphatic rings. The zero-order valence-electron chi connectivity index (χ0n) is 5.26. The second-order valence-electron chi connectivity index (χ2n) is 2.50. The number of hydrogen-bond acceptors (Lipinski definition) is 2. The third-order valence-corrected chi connectivity index (χ3v) is 1.76. The van der Waals surface area contributed by atoms with E-state index in [4.69, 9.17) is 10.5 Å². The molecule has 0 unspecified atom stereocenters. The van der Waals surface area contributed by atoms with Crippen molar-refractivity contribution in [1.29, 1.82) is 0 Å². The zero-order chi connectivity index (χ0) is 5.98. The minimum atomic E-state index is 0.281. The van der Waals surface area contributed by atoms with E-state index in [1.165, 1.54) is 0 Å². The van der Waals surface area contributed by atoms with E-state index in [2.05, 4.69) is 6.92 Å². The van der Waals surface area contributed by atoms with Crippen LogP contribution in [0.3, 0.4) is 0 Å². The molecule has 8 heavy (non-hydrogen) atoms. The second-order valence-corrected chi connectivity index (χ2v) is 2.50. The van der Waals surface area contributed by atoms with Crippen LogP contribution in [-0.4, -0.2) is 19.3 Å². The smallest absolute Gasteiger partial charge is 0.0620 e. The van der Waals surface area contributed by atoms with Crippen molar-refractivity contribution >= 4 is 0 Å². The highest BCUT2D eigenvalue weighted by atomic mass is 16.5. The second kappa shape index (κ2) is 2.46. The van der Waals surface area contributed by atoms with Crippen molar-refractivity contribution in [2.24, 2.45) is 11.7 Å². The lowest BCUT2D eigenvalue weighted by Gasteiger charge is -2.24. The Bertz CT molecular complexity index is 64.9. The Morgan fingerprint density at radius 1 is 1.62 bits per heavy atom. The Labute approximate surface area is 50.0 Å². The first-order chi connectivity index (χ1) is 3.80. The molecule has 0 aromatic rings. The van der Waals surface area contributed by atoms with Crippen LogP contribution in [0.1, 0.15) is 13.3 Å². The predicted molar refractivity (Wildman–Crippen MR) is 32.6 cm³/mol. The van der Waals surface area contributed by atoms with Crippen LogP contribution in [0.5, 0.6) is 0 Å². The van der Waals surface area contributed by atoms with Gasteiger partial charge in [-0.25, -0.2) is 0 Å². The molecule has 0 amide bonds. The predicted octanol–water partition coefficient (Wildman–Crippen LogP) is 0.370. The molecule has 2 heteroatoms. The SMILES string of the molecule is C[C@H]1CCOC[C@@H]1N. The largest absolute Gasteiger partial charge is 0.380 e. The van der Waals surface area contributed by atoms with Crippen molar-refractivity contribution in [2.45, 2.75) is 19.4 Å². The molecule has 2 nitrogen and oxygen atoms in total. The molecule has 2 N–H and O–H groups in total. The number of nitrogens with two attached hydrogens (primary N) is 1. The van der Waals surface area contributed by atoms with Gasteiger partial charge in [0.25, 0.3) is 0 Å². The van der Waals surface area contributed by atoms with E-state index >= 15 is 0 Å². The highest BCUT2D eigenvalue weighted by molar-refractivity contribution is 4.71. The normalized spacial score (nSPS) is 39.8. The summed E-state index contributed by atoms with van der Waals surface area (Å²) in [7, 11) is 0. The van der Waals surface area contributed by atoms with Crippen LogP contribution in [0, 0.1) is 5.92 Å². The van der Waals surface area contributed by atoms with E-state index in [0.29, 0.717) is 5.92 Å². The van der Waals surface area contributed by atoms with Crippen LogP contribution < -0.4 is 5.73 Å². The van der Waals surface area contributed by atoms with Crippen LogP contribution in [0.2, 0.25) is 0 Å². The van der Waals surface area contributed by atoms with E-state index in [1.807, 2.05) is 0 Å². The summed E-state index contributed by atoms with van der Waals surface area (Å²) >= 11 is 0. The van der Waals surface area contributed by atoms with Crippen molar-refractivity contribution < 1.29 is 4.74 Å². The maximum atomic E-state index is 5.65. The van der Waals surface area contributed by atoms with Gasteiger partial charge in [-0.15, -0.1) is 0 Å². The monoisotopic (exact) mass is 115 g/mol. The molecule has 1 rings (SSSR count). The lowest BCUT2D eigenvalue weighted by molar-refractivity contribution is 0.0546. The molecule has 1 saturated heterocycles. The first kappa shape index (κ1) is 6.05. The van der Waals surface area contributed by atoms with Gasteiger partial charge < -0.3 is 10.5 Å². The molecule has 0 aromatic carbocycles. The molecule has 0 saturated carbocycles. The molecule has 1 aliphatic heterocycles. The molecule has 0 radical (unpaired) electrons. The summed E-state index contributed by atoms with van der Waals surface area (Å²) in [6.07, 6.45) is 1.13. The maximum absolute atomic E-state index is 5.65. The van der Waals surface area contributed by atoms with E-state index in [9.17, 15) is 0 Å². The highest BCUT2D eigenvalue weighted by Crippen LogP contribution is 2.11. The highest BCUT2D eigenvalue weighted by Gasteiger charge is 2.16. The molecule has 2 atom stereocenters. The average Bonchev–Trinajstić information content (AvgIpc) is 1.77. The lowest BCUT2D eigenvalue weighted by atomic mass is 9.98. The topological polar surface area (TPSA) is 35.2 Å². The zero-order valence-corrected chi connectivity index (χ0v) is 5.26. The van der Waals surface area contributed by atoms with Gasteiger partial charge in [-0.1, -0.05) is 6.92 Å². The van der Waals surface area contributed by atoms with Gasteiger partial charge >= 0.3 is 0 Å². The van der Waals surface area contributed by atoms with Crippen LogP contribution in [0.4, 0.5) is 0 Å². The van der Waals surface area contributed by atoms with Crippen molar-refractivity contribution in [1.82, 2.24) is 0 Å². The Kier molecular flexibility index (Phi) is 1.86.